The van der Waals surface area contributed by atoms with Gasteiger partial charge in [0.15, 0.2) is 11.6 Å². The number of halogens is 1. The summed E-state index contributed by atoms with van der Waals surface area (Å²) in [5, 5.41) is 6.00. The maximum atomic E-state index is 13.3. The Morgan fingerprint density at radius 3 is 2.62 bits per heavy atom. The number of anilines is 1. The third-order valence-corrected chi connectivity index (χ3v) is 2.75. The number of benzene rings is 1. The van der Waals surface area contributed by atoms with Crippen LogP contribution in [-0.2, 0) is 4.79 Å². The lowest BCUT2D eigenvalue weighted by Crippen LogP contribution is -2.44. The largest absolute Gasteiger partial charge is 0.494 e. The highest BCUT2D eigenvalue weighted by molar-refractivity contribution is 5.77. The molecule has 5 nitrogen and oxygen atoms in total. The van der Waals surface area contributed by atoms with Gasteiger partial charge in [-0.05, 0) is 32.9 Å². The van der Waals surface area contributed by atoms with E-state index in [2.05, 4.69) is 10.6 Å². The second-order valence-corrected chi connectivity index (χ2v) is 5.93. The third kappa shape index (κ3) is 5.99. The van der Waals surface area contributed by atoms with Gasteiger partial charge >= 0.3 is 0 Å². The predicted octanol–water partition coefficient (Wildman–Crippen LogP) is 1.88. The van der Waals surface area contributed by atoms with E-state index < -0.39 is 5.82 Å². The number of ether oxygens (including phenoxy) is 1. The first-order valence-electron chi connectivity index (χ1n) is 6.86. The SMILES string of the molecule is COc1cc(NC(CN)CC(=O)NC(C)(C)C)ccc1F. The van der Waals surface area contributed by atoms with Crippen molar-refractivity contribution in [1.29, 1.82) is 0 Å². The van der Waals surface area contributed by atoms with E-state index in [-0.39, 0.29) is 36.2 Å². The molecule has 0 aromatic heterocycles. The zero-order valence-electron chi connectivity index (χ0n) is 13.0. The first-order chi connectivity index (χ1) is 9.75. The minimum atomic E-state index is -0.433. The Morgan fingerprint density at radius 1 is 1.43 bits per heavy atom. The summed E-state index contributed by atoms with van der Waals surface area (Å²) in [6.07, 6.45) is 0.244. The van der Waals surface area contributed by atoms with Crippen LogP contribution in [0, 0.1) is 5.82 Å². The summed E-state index contributed by atoms with van der Waals surface area (Å²) >= 11 is 0. The molecule has 0 aliphatic rings. The fourth-order valence-electron chi connectivity index (χ4n) is 1.87. The Balaban J connectivity index is 2.68. The standard InChI is InChI=1S/C15H24FN3O2/c1-15(2,3)19-14(20)8-11(9-17)18-10-5-6-12(16)13(7-10)21-4/h5-7,11,18H,8-9,17H2,1-4H3,(H,19,20). The molecule has 0 radical (unpaired) electrons. The van der Waals surface area contributed by atoms with Crippen LogP contribution in [0.5, 0.6) is 5.75 Å². The van der Waals surface area contributed by atoms with Crippen molar-refractivity contribution >= 4 is 11.6 Å². The number of carbonyl (C=O) groups is 1. The van der Waals surface area contributed by atoms with Crippen LogP contribution in [-0.4, -0.2) is 31.1 Å². The molecule has 6 heteroatoms. The minimum Gasteiger partial charge on any atom is -0.494 e. The van der Waals surface area contributed by atoms with Gasteiger partial charge < -0.3 is 21.1 Å². The molecule has 0 aliphatic carbocycles. The number of amides is 1. The number of hydrogen-bond donors (Lipinski definition) is 3. The summed E-state index contributed by atoms with van der Waals surface area (Å²) in [6.45, 7) is 6.04. The molecule has 1 unspecified atom stereocenters. The maximum absolute atomic E-state index is 13.3. The molecular weight excluding hydrogens is 273 g/mol. The van der Waals surface area contributed by atoms with E-state index in [0.717, 1.165) is 0 Å². The predicted molar refractivity (Wildman–Crippen MR) is 81.9 cm³/mol. The highest BCUT2D eigenvalue weighted by Crippen LogP contribution is 2.22. The molecule has 0 saturated carbocycles. The smallest absolute Gasteiger partial charge is 0.222 e. The lowest BCUT2D eigenvalue weighted by molar-refractivity contribution is -0.122. The van der Waals surface area contributed by atoms with E-state index in [1.165, 1.54) is 13.2 Å². The van der Waals surface area contributed by atoms with Crippen LogP contribution in [0.2, 0.25) is 0 Å². The third-order valence-electron chi connectivity index (χ3n) is 2.75. The molecular formula is C15H24FN3O2. The number of nitrogens with two attached hydrogens (primary N) is 1. The maximum Gasteiger partial charge on any atom is 0.222 e. The average Bonchev–Trinajstić information content (AvgIpc) is 2.37. The average molecular weight is 297 g/mol. The molecule has 0 bridgehead atoms. The van der Waals surface area contributed by atoms with Gasteiger partial charge in [-0.25, -0.2) is 4.39 Å². The van der Waals surface area contributed by atoms with Gasteiger partial charge in [0.1, 0.15) is 0 Å². The molecule has 1 amide bonds. The van der Waals surface area contributed by atoms with Crippen molar-refractivity contribution in [2.75, 3.05) is 19.0 Å². The lowest BCUT2D eigenvalue weighted by atomic mass is 10.1. The molecule has 1 atom stereocenters. The molecule has 0 fully saturated rings. The molecule has 0 heterocycles. The summed E-state index contributed by atoms with van der Waals surface area (Å²) in [5.41, 5.74) is 6.06. The molecule has 4 N–H and O–H groups in total. The first-order valence-corrected chi connectivity index (χ1v) is 6.86. The highest BCUT2D eigenvalue weighted by Gasteiger charge is 2.18. The minimum absolute atomic E-state index is 0.0838. The van der Waals surface area contributed by atoms with Crippen molar-refractivity contribution < 1.29 is 13.9 Å². The van der Waals surface area contributed by atoms with E-state index in [0.29, 0.717) is 5.69 Å². The van der Waals surface area contributed by atoms with Gasteiger partial charge in [-0.1, -0.05) is 0 Å². The summed E-state index contributed by atoms with van der Waals surface area (Å²) in [7, 11) is 1.40. The van der Waals surface area contributed by atoms with Gasteiger partial charge in [-0.3, -0.25) is 4.79 Å². The summed E-state index contributed by atoms with van der Waals surface area (Å²) < 4.78 is 18.3. The van der Waals surface area contributed by atoms with Crippen molar-refractivity contribution in [1.82, 2.24) is 5.32 Å². The molecule has 0 spiro atoms. The number of hydrogen-bond acceptors (Lipinski definition) is 4. The lowest BCUT2D eigenvalue weighted by Gasteiger charge is -2.23. The molecule has 0 aliphatic heterocycles. The molecule has 1 aromatic carbocycles. The Morgan fingerprint density at radius 2 is 2.10 bits per heavy atom. The van der Waals surface area contributed by atoms with Gasteiger partial charge in [0.2, 0.25) is 5.91 Å². The second kappa shape index (κ2) is 7.26. The number of nitrogens with one attached hydrogen (secondary N) is 2. The highest BCUT2D eigenvalue weighted by atomic mass is 19.1. The monoisotopic (exact) mass is 297 g/mol. The number of methoxy groups -OCH3 is 1. The van der Waals surface area contributed by atoms with Crippen LogP contribution in [0.15, 0.2) is 18.2 Å². The van der Waals surface area contributed by atoms with Crippen LogP contribution in [0.4, 0.5) is 10.1 Å². The van der Waals surface area contributed by atoms with Crippen LogP contribution >= 0.6 is 0 Å². The topological polar surface area (TPSA) is 76.4 Å². The molecule has 1 aromatic rings. The zero-order valence-corrected chi connectivity index (χ0v) is 13.0. The second-order valence-electron chi connectivity index (χ2n) is 5.93. The molecule has 0 saturated heterocycles. The van der Waals surface area contributed by atoms with Crippen LogP contribution in [0.1, 0.15) is 27.2 Å². The number of rotatable bonds is 6. The number of carbonyl (C=O) groups excluding carboxylic acids is 1. The van der Waals surface area contributed by atoms with E-state index in [9.17, 15) is 9.18 Å². The quantitative estimate of drug-likeness (QED) is 0.749. The van der Waals surface area contributed by atoms with Gasteiger partial charge in [-0.15, -0.1) is 0 Å². The van der Waals surface area contributed by atoms with Crippen LogP contribution in [0.25, 0.3) is 0 Å². The van der Waals surface area contributed by atoms with E-state index in [4.69, 9.17) is 10.5 Å². The van der Waals surface area contributed by atoms with E-state index >= 15 is 0 Å². The van der Waals surface area contributed by atoms with Gasteiger partial charge in [-0.2, -0.15) is 0 Å². The molecule has 1 rings (SSSR count). The van der Waals surface area contributed by atoms with Gasteiger partial charge in [0, 0.05) is 36.3 Å². The van der Waals surface area contributed by atoms with E-state index in [1.54, 1.807) is 12.1 Å². The van der Waals surface area contributed by atoms with Crippen molar-refractivity contribution in [2.45, 2.75) is 38.8 Å². The van der Waals surface area contributed by atoms with Gasteiger partial charge in [0.05, 0.1) is 7.11 Å². The van der Waals surface area contributed by atoms with Crippen LogP contribution < -0.4 is 21.1 Å². The first kappa shape index (κ1) is 17.2. The van der Waals surface area contributed by atoms with Crippen molar-refractivity contribution in [2.24, 2.45) is 5.73 Å². The van der Waals surface area contributed by atoms with Crippen molar-refractivity contribution in [3.05, 3.63) is 24.0 Å². The summed E-state index contributed by atoms with van der Waals surface area (Å²) in [4.78, 5) is 11.9. The Kier molecular flexibility index (Phi) is 5.96. The normalized spacial score (nSPS) is 12.7. The summed E-state index contributed by atoms with van der Waals surface area (Å²) in [5.74, 6) is -0.368. The van der Waals surface area contributed by atoms with Crippen molar-refractivity contribution in [3.8, 4) is 5.75 Å². The van der Waals surface area contributed by atoms with E-state index in [1.807, 2.05) is 20.8 Å². The van der Waals surface area contributed by atoms with Crippen molar-refractivity contribution in [3.63, 3.8) is 0 Å². The molecule has 21 heavy (non-hydrogen) atoms. The van der Waals surface area contributed by atoms with Gasteiger partial charge in [0.25, 0.3) is 0 Å². The zero-order chi connectivity index (χ0) is 16.0. The Hall–Kier alpha value is -1.82. The molecule has 118 valence electrons. The fourth-order valence-corrected chi connectivity index (χ4v) is 1.87. The Bertz CT molecular complexity index is 486. The fraction of sp³-hybridized carbons (Fsp3) is 0.533. The Labute approximate surface area is 125 Å². The summed E-state index contributed by atoms with van der Waals surface area (Å²) in [6, 6.07) is 4.20. The van der Waals surface area contributed by atoms with Crippen LogP contribution in [0.3, 0.4) is 0 Å².